The smallest absolute Gasteiger partial charge is 0.136 e. The number of rotatable bonds is 3. The van der Waals surface area contributed by atoms with Crippen molar-refractivity contribution in [3.05, 3.63) is 65.0 Å². The van der Waals surface area contributed by atoms with Crippen LogP contribution in [-0.2, 0) is 5.75 Å². The predicted molar refractivity (Wildman–Crippen MR) is 71.9 cm³/mol. The van der Waals surface area contributed by atoms with Crippen molar-refractivity contribution in [2.75, 3.05) is 0 Å². The molecular formula is C15H12FNS. The van der Waals surface area contributed by atoms with Crippen molar-refractivity contribution in [2.45, 2.75) is 17.6 Å². The van der Waals surface area contributed by atoms with Gasteiger partial charge in [-0.3, -0.25) is 0 Å². The fourth-order valence-corrected chi connectivity index (χ4v) is 2.66. The molecule has 0 bridgehead atoms. The van der Waals surface area contributed by atoms with Gasteiger partial charge in [0.25, 0.3) is 0 Å². The second kappa shape index (κ2) is 5.70. The molecule has 3 heteroatoms. The lowest BCUT2D eigenvalue weighted by Gasteiger charge is -2.06. The highest BCUT2D eigenvalue weighted by Crippen LogP contribution is 2.26. The molecule has 0 saturated carbocycles. The average Bonchev–Trinajstić information content (AvgIpc) is 2.39. The summed E-state index contributed by atoms with van der Waals surface area (Å²) in [6.45, 7) is 1.97. The molecule has 0 aliphatic heterocycles. The summed E-state index contributed by atoms with van der Waals surface area (Å²) >= 11 is 1.47. The van der Waals surface area contributed by atoms with E-state index in [4.69, 9.17) is 5.26 Å². The third-order valence-corrected chi connectivity index (χ3v) is 3.79. The zero-order valence-corrected chi connectivity index (χ0v) is 10.8. The number of thioether (sulfide) groups is 1. The van der Waals surface area contributed by atoms with Crippen LogP contribution in [0.1, 0.15) is 16.7 Å². The number of benzene rings is 2. The lowest BCUT2D eigenvalue weighted by atomic mass is 10.1. The highest BCUT2D eigenvalue weighted by atomic mass is 32.2. The number of nitrogens with zero attached hydrogens (tertiary/aromatic N) is 1. The molecule has 0 unspecified atom stereocenters. The largest absolute Gasteiger partial charge is 0.206 e. The number of halogens is 1. The number of aryl methyl sites for hydroxylation is 1. The van der Waals surface area contributed by atoms with Gasteiger partial charge in [-0.2, -0.15) is 5.26 Å². The Balaban J connectivity index is 2.12. The standard InChI is InChI=1S/C15H12FNS/c1-11-8-12(9-17)6-7-13(11)10-18-15-5-3-2-4-14(15)16/h2-8H,10H2,1H3. The fraction of sp³-hybridized carbons (Fsp3) is 0.133. The molecular weight excluding hydrogens is 245 g/mol. The first-order chi connectivity index (χ1) is 8.70. The minimum Gasteiger partial charge on any atom is -0.206 e. The van der Waals surface area contributed by atoms with Crippen molar-refractivity contribution >= 4 is 11.8 Å². The van der Waals surface area contributed by atoms with E-state index in [-0.39, 0.29) is 5.82 Å². The van der Waals surface area contributed by atoms with Gasteiger partial charge in [0.1, 0.15) is 5.82 Å². The summed E-state index contributed by atoms with van der Waals surface area (Å²) in [6.07, 6.45) is 0. The monoisotopic (exact) mass is 257 g/mol. The van der Waals surface area contributed by atoms with Crippen molar-refractivity contribution < 1.29 is 4.39 Å². The van der Waals surface area contributed by atoms with Crippen LogP contribution >= 0.6 is 11.8 Å². The molecule has 2 aromatic carbocycles. The highest BCUT2D eigenvalue weighted by molar-refractivity contribution is 7.98. The van der Waals surface area contributed by atoms with Crippen LogP contribution in [0.3, 0.4) is 0 Å². The van der Waals surface area contributed by atoms with Gasteiger partial charge in [0, 0.05) is 10.6 Å². The Morgan fingerprint density at radius 2 is 2.00 bits per heavy atom. The maximum atomic E-state index is 13.4. The molecule has 0 aliphatic rings. The number of hydrogen-bond donors (Lipinski definition) is 0. The topological polar surface area (TPSA) is 23.8 Å². The maximum Gasteiger partial charge on any atom is 0.136 e. The lowest BCUT2D eigenvalue weighted by Crippen LogP contribution is -1.89. The Morgan fingerprint density at radius 3 is 2.67 bits per heavy atom. The molecule has 0 radical (unpaired) electrons. The molecule has 0 fully saturated rings. The molecule has 2 aromatic rings. The molecule has 0 aromatic heterocycles. The van der Waals surface area contributed by atoms with Crippen molar-refractivity contribution in [1.82, 2.24) is 0 Å². The van der Waals surface area contributed by atoms with Gasteiger partial charge in [-0.25, -0.2) is 4.39 Å². The van der Waals surface area contributed by atoms with Gasteiger partial charge in [-0.05, 0) is 42.3 Å². The van der Waals surface area contributed by atoms with E-state index in [2.05, 4.69) is 6.07 Å². The first-order valence-corrected chi connectivity index (χ1v) is 6.56. The van der Waals surface area contributed by atoms with Crippen molar-refractivity contribution in [1.29, 1.82) is 5.26 Å². The third-order valence-electron chi connectivity index (χ3n) is 2.69. The molecule has 0 heterocycles. The molecule has 2 rings (SSSR count). The van der Waals surface area contributed by atoms with Gasteiger partial charge in [-0.1, -0.05) is 18.2 Å². The van der Waals surface area contributed by atoms with Crippen LogP contribution in [0.2, 0.25) is 0 Å². The van der Waals surface area contributed by atoms with Crippen LogP contribution in [0.15, 0.2) is 47.4 Å². The molecule has 18 heavy (non-hydrogen) atoms. The van der Waals surface area contributed by atoms with Crippen molar-refractivity contribution in [3.8, 4) is 6.07 Å². The second-order valence-corrected chi connectivity index (χ2v) is 4.99. The maximum absolute atomic E-state index is 13.4. The van der Waals surface area contributed by atoms with Crippen molar-refractivity contribution in [3.63, 3.8) is 0 Å². The van der Waals surface area contributed by atoms with E-state index in [9.17, 15) is 4.39 Å². The van der Waals surface area contributed by atoms with Crippen LogP contribution in [0.5, 0.6) is 0 Å². The summed E-state index contributed by atoms with van der Waals surface area (Å²) in [5.41, 5.74) is 2.85. The average molecular weight is 257 g/mol. The Morgan fingerprint density at radius 1 is 1.22 bits per heavy atom. The Kier molecular flexibility index (Phi) is 4.01. The summed E-state index contributed by atoms with van der Waals surface area (Å²) < 4.78 is 13.4. The summed E-state index contributed by atoms with van der Waals surface area (Å²) in [6, 6.07) is 14.5. The molecule has 0 saturated heterocycles. The summed E-state index contributed by atoms with van der Waals surface area (Å²) in [5.74, 6) is 0.521. The SMILES string of the molecule is Cc1cc(C#N)ccc1CSc1ccccc1F. The van der Waals surface area contributed by atoms with E-state index in [0.29, 0.717) is 16.2 Å². The van der Waals surface area contributed by atoms with E-state index in [0.717, 1.165) is 11.1 Å². The zero-order chi connectivity index (χ0) is 13.0. The predicted octanol–water partition coefficient (Wildman–Crippen LogP) is 4.30. The van der Waals surface area contributed by atoms with Crippen LogP contribution in [-0.4, -0.2) is 0 Å². The molecule has 90 valence electrons. The van der Waals surface area contributed by atoms with E-state index >= 15 is 0 Å². The molecule has 0 aliphatic carbocycles. The van der Waals surface area contributed by atoms with Crippen LogP contribution < -0.4 is 0 Å². The fourth-order valence-electron chi connectivity index (χ4n) is 1.64. The van der Waals surface area contributed by atoms with E-state index in [1.807, 2.05) is 25.1 Å². The second-order valence-electron chi connectivity index (χ2n) is 3.97. The number of nitriles is 1. The normalized spacial score (nSPS) is 10.1. The molecule has 0 amide bonds. The van der Waals surface area contributed by atoms with Gasteiger partial charge in [0.2, 0.25) is 0 Å². The minimum absolute atomic E-state index is 0.186. The van der Waals surface area contributed by atoms with E-state index in [1.54, 1.807) is 18.2 Å². The molecule has 0 N–H and O–H groups in total. The summed E-state index contributed by atoms with van der Waals surface area (Å²) in [5, 5.41) is 8.79. The molecule has 1 nitrogen and oxygen atoms in total. The Hall–Kier alpha value is -1.79. The van der Waals surface area contributed by atoms with Crippen molar-refractivity contribution in [2.24, 2.45) is 0 Å². The highest BCUT2D eigenvalue weighted by Gasteiger charge is 2.04. The molecule has 0 spiro atoms. The van der Waals surface area contributed by atoms with Crippen LogP contribution in [0.25, 0.3) is 0 Å². The Labute approximate surface area is 110 Å². The van der Waals surface area contributed by atoms with Gasteiger partial charge in [0.15, 0.2) is 0 Å². The van der Waals surface area contributed by atoms with Crippen LogP contribution in [0, 0.1) is 24.1 Å². The summed E-state index contributed by atoms with van der Waals surface area (Å²) in [7, 11) is 0. The lowest BCUT2D eigenvalue weighted by molar-refractivity contribution is 0.602. The third kappa shape index (κ3) is 2.91. The molecule has 0 atom stereocenters. The Bertz CT molecular complexity index is 602. The minimum atomic E-state index is -0.186. The van der Waals surface area contributed by atoms with Gasteiger partial charge < -0.3 is 0 Å². The zero-order valence-electron chi connectivity index (χ0n) is 9.98. The van der Waals surface area contributed by atoms with E-state index in [1.165, 1.54) is 17.8 Å². The summed E-state index contributed by atoms with van der Waals surface area (Å²) in [4.78, 5) is 0.654. The van der Waals surface area contributed by atoms with Gasteiger partial charge in [-0.15, -0.1) is 11.8 Å². The first kappa shape index (κ1) is 12.7. The van der Waals surface area contributed by atoms with E-state index < -0.39 is 0 Å². The van der Waals surface area contributed by atoms with Crippen LogP contribution in [0.4, 0.5) is 4.39 Å². The first-order valence-electron chi connectivity index (χ1n) is 5.57. The van der Waals surface area contributed by atoms with Gasteiger partial charge in [0.05, 0.1) is 11.6 Å². The number of hydrogen-bond acceptors (Lipinski definition) is 2. The quantitative estimate of drug-likeness (QED) is 0.765. The van der Waals surface area contributed by atoms with Gasteiger partial charge >= 0.3 is 0 Å².